The Labute approximate surface area is 137 Å². The van der Waals surface area contributed by atoms with E-state index >= 15 is 0 Å². The van der Waals surface area contributed by atoms with Crippen molar-refractivity contribution in [3.05, 3.63) is 71.0 Å². The lowest BCUT2D eigenvalue weighted by atomic mass is 10.0. The summed E-state index contributed by atoms with van der Waals surface area (Å²) >= 11 is 0. The Kier molecular flexibility index (Phi) is 5.59. The molecule has 0 saturated heterocycles. The molecule has 0 aromatic heterocycles. The zero-order chi connectivity index (χ0) is 17.7. The second-order valence-corrected chi connectivity index (χ2v) is 5.54. The van der Waals surface area contributed by atoms with Gasteiger partial charge in [0.1, 0.15) is 5.82 Å². The molecular formula is C18H17F4NO. The predicted octanol–water partition coefficient (Wildman–Crippen LogP) is 4.65. The highest BCUT2D eigenvalue weighted by molar-refractivity contribution is 5.76. The van der Waals surface area contributed by atoms with E-state index in [0.29, 0.717) is 12.0 Å². The maximum absolute atomic E-state index is 12.8. The van der Waals surface area contributed by atoms with Crippen molar-refractivity contribution in [3.63, 3.8) is 0 Å². The Morgan fingerprint density at radius 3 is 2.42 bits per heavy atom. The first-order chi connectivity index (χ1) is 11.3. The van der Waals surface area contributed by atoms with Crippen LogP contribution in [0.3, 0.4) is 0 Å². The van der Waals surface area contributed by atoms with Gasteiger partial charge in [0.2, 0.25) is 5.91 Å². The third-order valence-electron chi connectivity index (χ3n) is 3.65. The van der Waals surface area contributed by atoms with Crippen molar-refractivity contribution in [1.82, 2.24) is 5.32 Å². The zero-order valence-electron chi connectivity index (χ0n) is 13.0. The van der Waals surface area contributed by atoms with E-state index in [2.05, 4.69) is 5.32 Å². The predicted molar refractivity (Wildman–Crippen MR) is 82.7 cm³/mol. The Hall–Kier alpha value is -2.37. The number of nitrogens with one attached hydrogen (secondary N) is 1. The third kappa shape index (κ3) is 5.08. The molecule has 128 valence electrons. The van der Waals surface area contributed by atoms with Crippen molar-refractivity contribution in [2.45, 2.75) is 32.0 Å². The first-order valence-electron chi connectivity index (χ1n) is 7.46. The molecule has 2 aromatic rings. The smallest absolute Gasteiger partial charge is 0.350 e. The fourth-order valence-electron chi connectivity index (χ4n) is 2.29. The van der Waals surface area contributed by atoms with Crippen LogP contribution >= 0.6 is 0 Å². The van der Waals surface area contributed by atoms with Crippen LogP contribution in [0.4, 0.5) is 17.6 Å². The third-order valence-corrected chi connectivity index (χ3v) is 3.65. The van der Waals surface area contributed by atoms with Gasteiger partial charge in [0.05, 0.1) is 11.6 Å². The number of amides is 1. The van der Waals surface area contributed by atoms with Crippen LogP contribution in [0.5, 0.6) is 0 Å². The molecule has 2 nitrogen and oxygen atoms in total. The van der Waals surface area contributed by atoms with Crippen LogP contribution in [-0.2, 0) is 17.4 Å². The van der Waals surface area contributed by atoms with Crippen molar-refractivity contribution in [2.75, 3.05) is 0 Å². The minimum atomic E-state index is -4.41. The number of aryl methyl sites for hydroxylation is 1. The summed E-state index contributed by atoms with van der Waals surface area (Å²) in [6, 6.07) is 10.2. The van der Waals surface area contributed by atoms with E-state index in [-0.39, 0.29) is 18.1 Å². The summed E-state index contributed by atoms with van der Waals surface area (Å²) < 4.78 is 51.0. The van der Waals surface area contributed by atoms with Crippen molar-refractivity contribution < 1.29 is 22.4 Å². The highest BCUT2D eigenvalue weighted by atomic mass is 19.4. The normalized spacial score (nSPS) is 12.7. The molecule has 24 heavy (non-hydrogen) atoms. The molecule has 1 atom stereocenters. The van der Waals surface area contributed by atoms with E-state index in [1.165, 1.54) is 18.2 Å². The SMILES string of the molecule is CC(NC(=O)CCc1ccc(F)cc1)c1cccc(C(F)(F)F)c1. The van der Waals surface area contributed by atoms with E-state index in [1.807, 2.05) is 0 Å². The molecule has 1 amide bonds. The maximum atomic E-state index is 12.8. The standard InChI is InChI=1S/C18H17F4NO/c1-12(14-3-2-4-15(11-14)18(20,21)22)23-17(24)10-7-13-5-8-16(19)9-6-13/h2-6,8-9,11-12H,7,10H2,1H3,(H,23,24). The Balaban J connectivity index is 1.92. The maximum Gasteiger partial charge on any atom is 0.416 e. The van der Waals surface area contributed by atoms with Crippen LogP contribution < -0.4 is 5.32 Å². The van der Waals surface area contributed by atoms with Gasteiger partial charge in [-0.2, -0.15) is 13.2 Å². The summed E-state index contributed by atoms with van der Waals surface area (Å²) in [6.45, 7) is 1.63. The monoisotopic (exact) mass is 339 g/mol. The van der Waals surface area contributed by atoms with Gasteiger partial charge in [-0.25, -0.2) is 4.39 Å². The molecule has 1 N–H and O–H groups in total. The minimum absolute atomic E-state index is 0.176. The molecule has 6 heteroatoms. The number of rotatable bonds is 5. The summed E-state index contributed by atoms with van der Waals surface area (Å²) in [5.74, 6) is -0.620. The second kappa shape index (κ2) is 7.47. The molecular weight excluding hydrogens is 322 g/mol. The number of carbonyl (C=O) groups excluding carboxylic acids is 1. The Morgan fingerprint density at radius 1 is 1.12 bits per heavy atom. The number of alkyl halides is 3. The fourth-order valence-corrected chi connectivity index (χ4v) is 2.29. The lowest BCUT2D eigenvalue weighted by molar-refractivity contribution is -0.137. The number of hydrogen-bond donors (Lipinski definition) is 1. The minimum Gasteiger partial charge on any atom is -0.350 e. The highest BCUT2D eigenvalue weighted by Gasteiger charge is 2.30. The van der Waals surface area contributed by atoms with Crippen molar-refractivity contribution in [1.29, 1.82) is 0 Å². The summed E-state index contributed by atoms with van der Waals surface area (Å²) in [5.41, 5.74) is 0.464. The fraction of sp³-hybridized carbons (Fsp3) is 0.278. The summed E-state index contributed by atoms with van der Waals surface area (Å²) in [6.07, 6.45) is -3.81. The van der Waals surface area contributed by atoms with Crippen LogP contribution in [0.15, 0.2) is 48.5 Å². The van der Waals surface area contributed by atoms with Gasteiger partial charge in [-0.15, -0.1) is 0 Å². The molecule has 1 unspecified atom stereocenters. The molecule has 2 rings (SSSR count). The zero-order valence-corrected chi connectivity index (χ0v) is 13.0. The molecule has 0 aliphatic heterocycles. The molecule has 0 saturated carbocycles. The number of hydrogen-bond acceptors (Lipinski definition) is 1. The van der Waals surface area contributed by atoms with Gasteiger partial charge < -0.3 is 5.32 Å². The van der Waals surface area contributed by atoms with Crippen LogP contribution in [0.25, 0.3) is 0 Å². The lowest BCUT2D eigenvalue weighted by Crippen LogP contribution is -2.27. The largest absolute Gasteiger partial charge is 0.416 e. The molecule has 0 heterocycles. The van der Waals surface area contributed by atoms with E-state index in [0.717, 1.165) is 17.7 Å². The highest BCUT2D eigenvalue weighted by Crippen LogP contribution is 2.30. The lowest BCUT2D eigenvalue weighted by Gasteiger charge is -2.16. The second-order valence-electron chi connectivity index (χ2n) is 5.54. The van der Waals surface area contributed by atoms with Crippen LogP contribution in [0.1, 0.15) is 36.1 Å². The Morgan fingerprint density at radius 2 is 1.79 bits per heavy atom. The van der Waals surface area contributed by atoms with E-state index in [1.54, 1.807) is 25.1 Å². The average Bonchev–Trinajstić information content (AvgIpc) is 2.53. The van der Waals surface area contributed by atoms with Gasteiger partial charge in [-0.3, -0.25) is 4.79 Å². The van der Waals surface area contributed by atoms with Gasteiger partial charge in [0, 0.05) is 6.42 Å². The number of carbonyl (C=O) groups is 1. The van der Waals surface area contributed by atoms with Crippen molar-refractivity contribution in [2.24, 2.45) is 0 Å². The van der Waals surface area contributed by atoms with Gasteiger partial charge in [-0.05, 0) is 48.7 Å². The molecule has 0 radical (unpaired) electrons. The van der Waals surface area contributed by atoms with Crippen molar-refractivity contribution >= 4 is 5.91 Å². The summed E-state index contributed by atoms with van der Waals surface area (Å²) in [4.78, 5) is 11.9. The van der Waals surface area contributed by atoms with Crippen LogP contribution in [-0.4, -0.2) is 5.91 Å². The molecule has 0 aliphatic rings. The van der Waals surface area contributed by atoms with Gasteiger partial charge in [0.15, 0.2) is 0 Å². The first kappa shape index (κ1) is 18.0. The first-order valence-corrected chi connectivity index (χ1v) is 7.46. The average molecular weight is 339 g/mol. The van der Waals surface area contributed by atoms with E-state index in [4.69, 9.17) is 0 Å². The topological polar surface area (TPSA) is 29.1 Å². The van der Waals surface area contributed by atoms with Crippen molar-refractivity contribution in [3.8, 4) is 0 Å². The quantitative estimate of drug-likeness (QED) is 0.789. The number of halogens is 4. The van der Waals surface area contributed by atoms with Crippen LogP contribution in [0, 0.1) is 5.82 Å². The van der Waals surface area contributed by atoms with Crippen LogP contribution in [0.2, 0.25) is 0 Å². The van der Waals surface area contributed by atoms with Gasteiger partial charge in [-0.1, -0.05) is 24.3 Å². The molecule has 0 aliphatic carbocycles. The summed E-state index contributed by atoms with van der Waals surface area (Å²) in [5, 5.41) is 2.68. The van der Waals surface area contributed by atoms with E-state index < -0.39 is 17.8 Å². The molecule has 0 bridgehead atoms. The number of benzene rings is 2. The molecule has 0 fully saturated rings. The van der Waals surface area contributed by atoms with E-state index in [9.17, 15) is 22.4 Å². The molecule has 2 aromatic carbocycles. The summed E-state index contributed by atoms with van der Waals surface area (Å²) in [7, 11) is 0. The Bertz CT molecular complexity index is 695. The van der Waals surface area contributed by atoms with Gasteiger partial charge in [0.25, 0.3) is 0 Å². The van der Waals surface area contributed by atoms with Gasteiger partial charge >= 0.3 is 6.18 Å². The molecule has 0 spiro atoms.